The van der Waals surface area contributed by atoms with Gasteiger partial charge in [0.2, 0.25) is 0 Å². The summed E-state index contributed by atoms with van der Waals surface area (Å²) in [6.07, 6.45) is 0. The van der Waals surface area contributed by atoms with Crippen molar-refractivity contribution < 1.29 is 0 Å². The SMILES string of the molecule is C=C(N(C)Cc1c(C)c(C)c(C)c(C)c1C)N(C)Cc1c(C)c(C)c(C)c(C)c1C. The maximum atomic E-state index is 4.44. The Morgan fingerprint density at radius 1 is 0.467 bits per heavy atom. The van der Waals surface area contributed by atoms with E-state index < -0.39 is 0 Å². The van der Waals surface area contributed by atoms with Crippen LogP contribution in [0.1, 0.15) is 66.8 Å². The Hall–Kier alpha value is -2.22. The lowest BCUT2D eigenvalue weighted by molar-refractivity contribution is 0.258. The summed E-state index contributed by atoms with van der Waals surface area (Å²) in [6.45, 7) is 28.7. The fraction of sp³-hybridized carbons (Fsp3) is 0.500. The summed E-state index contributed by atoms with van der Waals surface area (Å²) in [5.74, 6) is 1.05. The van der Waals surface area contributed by atoms with E-state index in [9.17, 15) is 0 Å². The molecule has 2 rings (SSSR count). The maximum absolute atomic E-state index is 4.44. The van der Waals surface area contributed by atoms with Crippen molar-refractivity contribution in [3.63, 3.8) is 0 Å². The molecular weight excluding hydrogens is 364 g/mol. The van der Waals surface area contributed by atoms with Gasteiger partial charge < -0.3 is 9.80 Å². The average molecular weight is 407 g/mol. The van der Waals surface area contributed by atoms with Gasteiger partial charge in [-0.1, -0.05) is 6.58 Å². The minimum atomic E-state index is 0.882. The van der Waals surface area contributed by atoms with Crippen LogP contribution in [0, 0.1) is 69.2 Å². The van der Waals surface area contributed by atoms with Crippen molar-refractivity contribution in [3.8, 4) is 0 Å². The van der Waals surface area contributed by atoms with Crippen LogP contribution < -0.4 is 0 Å². The Bertz CT molecular complexity index is 857. The van der Waals surface area contributed by atoms with Gasteiger partial charge in [-0.25, -0.2) is 0 Å². The highest BCUT2D eigenvalue weighted by Crippen LogP contribution is 2.29. The Labute approximate surface area is 185 Å². The standard InChI is InChI=1S/C28H42N2/c1-16-18(3)22(7)27(23(8)19(16)4)14-29(12)26(11)30(13)15-28-24(9)20(5)17(2)21(6)25(28)10/h11,14-15H2,1-10,12-13H3. The van der Waals surface area contributed by atoms with E-state index in [0.717, 1.165) is 18.9 Å². The van der Waals surface area contributed by atoms with E-state index in [1.165, 1.54) is 66.8 Å². The molecule has 0 saturated heterocycles. The molecule has 0 N–H and O–H groups in total. The van der Waals surface area contributed by atoms with E-state index in [4.69, 9.17) is 0 Å². The van der Waals surface area contributed by atoms with Gasteiger partial charge in [0.1, 0.15) is 0 Å². The quantitative estimate of drug-likeness (QED) is 0.520. The molecule has 2 aromatic rings. The van der Waals surface area contributed by atoms with Crippen LogP contribution in [0.4, 0.5) is 0 Å². The molecule has 0 heterocycles. The van der Waals surface area contributed by atoms with Gasteiger partial charge in [0.15, 0.2) is 0 Å². The molecule has 2 nitrogen and oxygen atoms in total. The second-order valence-electron chi connectivity index (χ2n) is 9.34. The molecule has 0 spiro atoms. The van der Waals surface area contributed by atoms with Crippen molar-refractivity contribution in [1.82, 2.24) is 9.80 Å². The molecule has 0 radical (unpaired) electrons. The number of nitrogens with zero attached hydrogens (tertiary/aromatic N) is 2. The Kier molecular flexibility index (Phi) is 7.12. The molecule has 0 aliphatic heterocycles. The predicted octanol–water partition coefficient (Wildman–Crippen LogP) is 6.81. The molecule has 0 fully saturated rings. The molecule has 0 aliphatic rings. The van der Waals surface area contributed by atoms with Gasteiger partial charge in [0, 0.05) is 27.2 Å². The third kappa shape index (κ3) is 4.15. The van der Waals surface area contributed by atoms with E-state index in [1.54, 1.807) is 0 Å². The molecule has 0 aliphatic carbocycles. The van der Waals surface area contributed by atoms with Gasteiger partial charge in [-0.3, -0.25) is 0 Å². The van der Waals surface area contributed by atoms with Crippen LogP contribution >= 0.6 is 0 Å². The van der Waals surface area contributed by atoms with Crippen LogP contribution in [0.2, 0.25) is 0 Å². The normalized spacial score (nSPS) is 11.1. The van der Waals surface area contributed by atoms with E-state index in [2.05, 4.69) is 99.7 Å². The van der Waals surface area contributed by atoms with Crippen LogP contribution in [0.5, 0.6) is 0 Å². The van der Waals surface area contributed by atoms with Gasteiger partial charge >= 0.3 is 0 Å². The molecule has 0 bridgehead atoms. The van der Waals surface area contributed by atoms with E-state index in [1.807, 2.05) is 0 Å². The zero-order valence-corrected chi connectivity index (χ0v) is 21.5. The van der Waals surface area contributed by atoms with Crippen LogP contribution in [-0.4, -0.2) is 23.9 Å². The van der Waals surface area contributed by atoms with Gasteiger partial charge in [0.05, 0.1) is 5.82 Å². The molecule has 0 aromatic heterocycles. The molecule has 30 heavy (non-hydrogen) atoms. The monoisotopic (exact) mass is 406 g/mol. The molecule has 0 unspecified atom stereocenters. The van der Waals surface area contributed by atoms with E-state index >= 15 is 0 Å². The zero-order valence-electron chi connectivity index (χ0n) is 21.5. The summed E-state index contributed by atoms with van der Waals surface area (Å²) in [6, 6.07) is 0. The van der Waals surface area contributed by atoms with Gasteiger partial charge in [-0.15, -0.1) is 0 Å². The molecule has 2 heteroatoms. The van der Waals surface area contributed by atoms with Gasteiger partial charge in [0.25, 0.3) is 0 Å². The molecule has 0 saturated carbocycles. The van der Waals surface area contributed by atoms with Crippen molar-refractivity contribution in [3.05, 3.63) is 79.2 Å². The topological polar surface area (TPSA) is 6.48 Å². The third-order valence-corrected chi connectivity index (χ3v) is 7.98. The van der Waals surface area contributed by atoms with Crippen LogP contribution in [0.3, 0.4) is 0 Å². The Morgan fingerprint density at radius 2 is 0.667 bits per heavy atom. The van der Waals surface area contributed by atoms with Gasteiger partial charge in [-0.05, 0) is 136 Å². The van der Waals surface area contributed by atoms with Crippen molar-refractivity contribution in [2.75, 3.05) is 14.1 Å². The van der Waals surface area contributed by atoms with Crippen LogP contribution in [-0.2, 0) is 13.1 Å². The Morgan fingerprint density at radius 3 is 0.900 bits per heavy atom. The first kappa shape index (κ1) is 24.1. The second-order valence-corrected chi connectivity index (χ2v) is 9.34. The van der Waals surface area contributed by atoms with Crippen molar-refractivity contribution >= 4 is 0 Å². The zero-order chi connectivity index (χ0) is 23.1. The first-order valence-electron chi connectivity index (χ1n) is 11.0. The van der Waals surface area contributed by atoms with Crippen molar-refractivity contribution in [1.29, 1.82) is 0 Å². The summed E-state index contributed by atoms with van der Waals surface area (Å²) in [7, 11) is 4.32. The fourth-order valence-electron chi connectivity index (χ4n) is 4.58. The highest BCUT2D eigenvalue weighted by molar-refractivity contribution is 5.50. The number of hydrogen-bond donors (Lipinski definition) is 0. The summed E-state index contributed by atoms with van der Waals surface area (Å²) in [4.78, 5) is 4.59. The predicted molar refractivity (Wildman–Crippen MR) is 132 cm³/mol. The summed E-state index contributed by atoms with van der Waals surface area (Å²) >= 11 is 0. The molecule has 0 atom stereocenters. The summed E-state index contributed by atoms with van der Waals surface area (Å²) < 4.78 is 0. The van der Waals surface area contributed by atoms with Crippen molar-refractivity contribution in [2.45, 2.75) is 82.3 Å². The lowest BCUT2D eigenvalue weighted by Crippen LogP contribution is -2.30. The maximum Gasteiger partial charge on any atom is 0.0965 e. The van der Waals surface area contributed by atoms with Crippen LogP contribution in [0.25, 0.3) is 0 Å². The number of rotatable bonds is 6. The molecular formula is C28H42N2. The van der Waals surface area contributed by atoms with Crippen molar-refractivity contribution in [2.24, 2.45) is 0 Å². The molecule has 2 aromatic carbocycles. The molecule has 0 amide bonds. The minimum absolute atomic E-state index is 0.882. The highest BCUT2D eigenvalue weighted by atomic mass is 15.3. The average Bonchev–Trinajstić information content (AvgIpc) is 2.73. The highest BCUT2D eigenvalue weighted by Gasteiger charge is 2.18. The number of hydrogen-bond acceptors (Lipinski definition) is 2. The number of benzene rings is 2. The summed E-state index contributed by atoms with van der Waals surface area (Å²) in [5, 5.41) is 0. The molecule has 164 valence electrons. The first-order chi connectivity index (χ1) is 13.8. The van der Waals surface area contributed by atoms with E-state index in [-0.39, 0.29) is 0 Å². The van der Waals surface area contributed by atoms with Gasteiger partial charge in [-0.2, -0.15) is 0 Å². The Balaban J connectivity index is 2.29. The lowest BCUT2D eigenvalue weighted by atomic mass is 9.89. The van der Waals surface area contributed by atoms with Crippen LogP contribution in [0.15, 0.2) is 12.4 Å². The third-order valence-electron chi connectivity index (χ3n) is 7.98. The largest absolute Gasteiger partial charge is 0.357 e. The summed E-state index contributed by atoms with van der Waals surface area (Å²) in [5.41, 5.74) is 17.0. The minimum Gasteiger partial charge on any atom is -0.357 e. The first-order valence-corrected chi connectivity index (χ1v) is 11.0. The lowest BCUT2D eigenvalue weighted by Gasteiger charge is -2.33. The smallest absolute Gasteiger partial charge is 0.0965 e. The second kappa shape index (κ2) is 8.88. The fourth-order valence-corrected chi connectivity index (χ4v) is 4.58. The van der Waals surface area contributed by atoms with E-state index in [0.29, 0.717) is 0 Å².